The van der Waals surface area contributed by atoms with E-state index in [9.17, 15) is 9.18 Å². The molecule has 4 heteroatoms. The minimum Gasteiger partial charge on any atom is -0.344 e. The fourth-order valence-electron chi connectivity index (χ4n) is 2.72. The van der Waals surface area contributed by atoms with Gasteiger partial charge >= 0.3 is 0 Å². The molecule has 1 aliphatic rings. The maximum atomic E-state index is 13.3. The average molecular weight is 348 g/mol. The molecule has 0 aromatic heterocycles. The minimum absolute atomic E-state index is 0.0564. The number of alkyl halides is 1. The summed E-state index contributed by atoms with van der Waals surface area (Å²) in [5.74, 6) is -0.472. The van der Waals surface area contributed by atoms with Crippen LogP contribution in [-0.4, -0.2) is 10.7 Å². The van der Waals surface area contributed by atoms with E-state index in [-0.39, 0.29) is 22.6 Å². The second-order valence-electron chi connectivity index (χ2n) is 5.33. The highest BCUT2D eigenvalue weighted by Gasteiger charge is 2.31. The number of rotatable bonds is 2. The van der Waals surface area contributed by atoms with Gasteiger partial charge in [-0.15, -0.1) is 0 Å². The van der Waals surface area contributed by atoms with Crippen molar-refractivity contribution in [3.63, 3.8) is 0 Å². The summed E-state index contributed by atoms with van der Waals surface area (Å²) < 4.78 is 13.3. The normalized spacial score (nSPS) is 20.1. The summed E-state index contributed by atoms with van der Waals surface area (Å²) in [5.41, 5.74) is 3.36. The van der Waals surface area contributed by atoms with E-state index in [1.807, 2.05) is 18.2 Å². The fraction of sp³-hybridized carbons (Fsp3) is 0.235. The highest BCUT2D eigenvalue weighted by Crippen LogP contribution is 2.35. The molecular weight excluding hydrogens is 333 g/mol. The van der Waals surface area contributed by atoms with Crippen molar-refractivity contribution in [1.82, 2.24) is 5.32 Å². The number of carbonyl (C=O) groups is 1. The smallest absolute Gasteiger partial charge is 0.251 e. The van der Waals surface area contributed by atoms with Crippen LogP contribution in [0.2, 0.25) is 0 Å². The monoisotopic (exact) mass is 347 g/mol. The van der Waals surface area contributed by atoms with Gasteiger partial charge in [-0.3, -0.25) is 4.79 Å². The van der Waals surface area contributed by atoms with E-state index in [0.717, 1.165) is 12.0 Å². The molecule has 0 heterocycles. The predicted molar refractivity (Wildman–Crippen MR) is 84.2 cm³/mol. The SMILES string of the molecule is Cc1cc(C(=O)NC2c3ccccc3CC2Br)ccc1F. The number of hydrogen-bond donors (Lipinski definition) is 1. The number of benzene rings is 2. The van der Waals surface area contributed by atoms with E-state index in [1.165, 1.54) is 17.7 Å². The number of halogens is 2. The number of amides is 1. The number of aryl methyl sites for hydroxylation is 1. The van der Waals surface area contributed by atoms with Crippen molar-refractivity contribution in [1.29, 1.82) is 0 Å². The summed E-state index contributed by atoms with van der Waals surface area (Å²) in [6.45, 7) is 1.66. The van der Waals surface area contributed by atoms with E-state index < -0.39 is 0 Å². The van der Waals surface area contributed by atoms with Crippen LogP contribution in [0, 0.1) is 12.7 Å². The number of carbonyl (C=O) groups excluding carboxylic acids is 1. The molecule has 108 valence electrons. The van der Waals surface area contributed by atoms with Gasteiger partial charge in [-0.1, -0.05) is 40.2 Å². The Morgan fingerprint density at radius 3 is 2.81 bits per heavy atom. The van der Waals surface area contributed by atoms with Crippen molar-refractivity contribution in [2.75, 3.05) is 0 Å². The van der Waals surface area contributed by atoms with Gasteiger partial charge in [0.05, 0.1) is 6.04 Å². The van der Waals surface area contributed by atoms with Crippen LogP contribution in [-0.2, 0) is 6.42 Å². The number of fused-ring (bicyclic) bond motifs is 1. The molecule has 1 amide bonds. The van der Waals surface area contributed by atoms with E-state index >= 15 is 0 Å². The highest BCUT2D eigenvalue weighted by molar-refractivity contribution is 9.09. The van der Waals surface area contributed by atoms with Crippen LogP contribution < -0.4 is 5.32 Å². The molecule has 3 rings (SSSR count). The molecule has 0 radical (unpaired) electrons. The summed E-state index contributed by atoms with van der Waals surface area (Å²) in [4.78, 5) is 12.5. The Labute approximate surface area is 131 Å². The lowest BCUT2D eigenvalue weighted by Gasteiger charge is -2.18. The van der Waals surface area contributed by atoms with Crippen LogP contribution in [0.4, 0.5) is 4.39 Å². The third kappa shape index (κ3) is 2.72. The predicted octanol–water partition coefficient (Wildman–Crippen LogP) is 3.92. The van der Waals surface area contributed by atoms with Crippen LogP contribution in [0.5, 0.6) is 0 Å². The van der Waals surface area contributed by atoms with Crippen molar-refractivity contribution in [3.8, 4) is 0 Å². The lowest BCUT2D eigenvalue weighted by Crippen LogP contribution is -2.31. The van der Waals surface area contributed by atoms with Crippen molar-refractivity contribution in [3.05, 3.63) is 70.5 Å². The Morgan fingerprint density at radius 2 is 2.05 bits per heavy atom. The Balaban J connectivity index is 1.83. The van der Waals surface area contributed by atoms with E-state index in [1.54, 1.807) is 13.0 Å². The van der Waals surface area contributed by atoms with Gasteiger partial charge in [-0.2, -0.15) is 0 Å². The summed E-state index contributed by atoms with van der Waals surface area (Å²) >= 11 is 3.64. The van der Waals surface area contributed by atoms with Gasteiger partial charge in [0.25, 0.3) is 5.91 Å². The van der Waals surface area contributed by atoms with E-state index in [2.05, 4.69) is 27.3 Å². The molecule has 2 atom stereocenters. The van der Waals surface area contributed by atoms with Gasteiger partial charge < -0.3 is 5.32 Å². The van der Waals surface area contributed by atoms with Crippen LogP contribution in [0.15, 0.2) is 42.5 Å². The number of hydrogen-bond acceptors (Lipinski definition) is 1. The van der Waals surface area contributed by atoms with Crippen LogP contribution in [0.25, 0.3) is 0 Å². The maximum Gasteiger partial charge on any atom is 0.251 e. The Hall–Kier alpha value is -1.68. The van der Waals surface area contributed by atoms with Gasteiger partial charge in [-0.05, 0) is 48.2 Å². The molecular formula is C17H15BrFNO. The van der Waals surface area contributed by atoms with Crippen molar-refractivity contribution < 1.29 is 9.18 Å². The molecule has 1 N–H and O–H groups in total. The zero-order chi connectivity index (χ0) is 15.0. The quantitative estimate of drug-likeness (QED) is 0.819. The summed E-state index contributed by atoms with van der Waals surface area (Å²) in [7, 11) is 0. The first kappa shape index (κ1) is 14.3. The molecule has 0 saturated heterocycles. The second kappa shape index (κ2) is 5.60. The molecule has 0 aliphatic heterocycles. The molecule has 2 aromatic carbocycles. The van der Waals surface area contributed by atoms with Crippen LogP contribution >= 0.6 is 15.9 Å². The summed E-state index contributed by atoms with van der Waals surface area (Å²) in [6.07, 6.45) is 0.892. The molecule has 2 unspecified atom stereocenters. The third-order valence-electron chi connectivity index (χ3n) is 3.87. The molecule has 0 fully saturated rings. The highest BCUT2D eigenvalue weighted by atomic mass is 79.9. The first-order chi connectivity index (χ1) is 10.1. The summed E-state index contributed by atoms with van der Waals surface area (Å²) in [5, 5.41) is 3.04. The van der Waals surface area contributed by atoms with Gasteiger partial charge in [0.1, 0.15) is 5.82 Å². The topological polar surface area (TPSA) is 29.1 Å². The van der Waals surface area contributed by atoms with Crippen molar-refractivity contribution in [2.24, 2.45) is 0 Å². The standard InChI is InChI=1S/C17H15BrFNO/c1-10-8-12(6-7-15(10)19)17(21)20-16-13-5-3-2-4-11(13)9-14(16)18/h2-8,14,16H,9H2,1H3,(H,20,21). The lowest BCUT2D eigenvalue weighted by molar-refractivity contribution is 0.0938. The molecule has 21 heavy (non-hydrogen) atoms. The van der Waals surface area contributed by atoms with Gasteiger partial charge in [0.2, 0.25) is 0 Å². The van der Waals surface area contributed by atoms with Gasteiger partial charge in [0, 0.05) is 10.4 Å². The molecule has 2 aromatic rings. The van der Waals surface area contributed by atoms with E-state index in [4.69, 9.17) is 0 Å². The van der Waals surface area contributed by atoms with E-state index in [0.29, 0.717) is 11.1 Å². The van der Waals surface area contributed by atoms with Crippen molar-refractivity contribution in [2.45, 2.75) is 24.2 Å². The fourth-order valence-corrected chi connectivity index (χ4v) is 3.49. The van der Waals surface area contributed by atoms with Crippen LogP contribution in [0.3, 0.4) is 0 Å². The third-order valence-corrected chi connectivity index (χ3v) is 4.73. The van der Waals surface area contributed by atoms with Gasteiger partial charge in [0.15, 0.2) is 0 Å². The molecule has 0 saturated carbocycles. The van der Waals surface area contributed by atoms with Crippen molar-refractivity contribution >= 4 is 21.8 Å². The zero-order valence-corrected chi connectivity index (χ0v) is 13.2. The average Bonchev–Trinajstić information content (AvgIpc) is 2.78. The Morgan fingerprint density at radius 1 is 1.29 bits per heavy atom. The zero-order valence-electron chi connectivity index (χ0n) is 11.6. The Kier molecular flexibility index (Phi) is 3.81. The first-order valence-corrected chi connectivity index (χ1v) is 7.76. The molecule has 0 bridgehead atoms. The largest absolute Gasteiger partial charge is 0.344 e. The summed E-state index contributed by atoms with van der Waals surface area (Å²) in [6, 6.07) is 12.5. The Bertz CT molecular complexity index is 701. The first-order valence-electron chi connectivity index (χ1n) is 6.85. The minimum atomic E-state index is -0.295. The molecule has 0 spiro atoms. The maximum absolute atomic E-state index is 13.3. The second-order valence-corrected chi connectivity index (χ2v) is 6.51. The number of nitrogens with one attached hydrogen (secondary N) is 1. The van der Waals surface area contributed by atoms with Gasteiger partial charge in [-0.25, -0.2) is 4.39 Å². The van der Waals surface area contributed by atoms with Crippen LogP contribution in [0.1, 0.15) is 33.1 Å². The lowest BCUT2D eigenvalue weighted by atomic mass is 10.1. The molecule has 2 nitrogen and oxygen atoms in total. The molecule has 1 aliphatic carbocycles.